The molecule has 2 N–H and O–H groups in total. The summed E-state index contributed by atoms with van der Waals surface area (Å²) in [5.74, 6) is -0.223. The van der Waals surface area contributed by atoms with Gasteiger partial charge in [-0.2, -0.15) is 0 Å². The van der Waals surface area contributed by atoms with Crippen molar-refractivity contribution in [1.82, 2.24) is 0 Å². The Morgan fingerprint density at radius 1 is 1.70 bits per heavy atom. The molecule has 0 saturated heterocycles. The highest BCUT2D eigenvalue weighted by molar-refractivity contribution is 6.38. The molecule has 0 spiro atoms. The number of carbonyl (C=O) groups excluding carboxylic acids is 1. The highest BCUT2D eigenvalue weighted by Crippen LogP contribution is 2.02. The summed E-state index contributed by atoms with van der Waals surface area (Å²) in [7, 11) is 1.59. The van der Waals surface area contributed by atoms with E-state index in [-0.39, 0.29) is 5.92 Å². The highest BCUT2D eigenvalue weighted by atomic mass is 16.1. The normalized spacial score (nSPS) is 14.9. The molecular weight excluding hydrogens is 128 g/mol. The van der Waals surface area contributed by atoms with Gasteiger partial charge in [0, 0.05) is 13.0 Å². The summed E-state index contributed by atoms with van der Waals surface area (Å²) < 4.78 is 0. The predicted molar refractivity (Wildman–Crippen MR) is 42.0 cm³/mol. The third-order valence-electron chi connectivity index (χ3n) is 1.57. The van der Waals surface area contributed by atoms with Crippen molar-refractivity contribution in [2.24, 2.45) is 16.6 Å². The second-order valence-corrected chi connectivity index (χ2v) is 2.28. The van der Waals surface area contributed by atoms with Gasteiger partial charge in [0.05, 0.1) is 0 Å². The van der Waals surface area contributed by atoms with E-state index in [1.807, 2.05) is 13.8 Å². The van der Waals surface area contributed by atoms with Crippen molar-refractivity contribution in [2.45, 2.75) is 20.3 Å². The number of rotatable bonds is 3. The number of nitrogens with zero attached hydrogens (tertiary/aromatic N) is 1. The molecule has 0 unspecified atom stereocenters. The fraction of sp³-hybridized carbons (Fsp3) is 0.714. The maximum absolute atomic E-state index is 10.6. The van der Waals surface area contributed by atoms with Gasteiger partial charge < -0.3 is 5.73 Å². The fourth-order valence-corrected chi connectivity index (χ4v) is 0.767. The van der Waals surface area contributed by atoms with Crippen molar-refractivity contribution in [1.29, 1.82) is 0 Å². The summed E-state index contributed by atoms with van der Waals surface area (Å²) in [6.07, 6.45) is 0.898. The number of amides is 1. The van der Waals surface area contributed by atoms with Crippen LogP contribution in [0.25, 0.3) is 0 Å². The topological polar surface area (TPSA) is 55.4 Å². The minimum Gasteiger partial charge on any atom is -0.365 e. The van der Waals surface area contributed by atoms with Crippen molar-refractivity contribution in [3.05, 3.63) is 0 Å². The van der Waals surface area contributed by atoms with Gasteiger partial charge in [0.15, 0.2) is 0 Å². The number of primary amides is 1. The number of nitrogens with two attached hydrogens (primary N) is 1. The van der Waals surface area contributed by atoms with Gasteiger partial charge in [0.1, 0.15) is 5.71 Å². The Labute approximate surface area is 61.3 Å². The summed E-state index contributed by atoms with van der Waals surface area (Å²) in [5, 5.41) is 0. The van der Waals surface area contributed by atoms with E-state index in [0.717, 1.165) is 6.42 Å². The third-order valence-corrected chi connectivity index (χ3v) is 1.57. The zero-order valence-corrected chi connectivity index (χ0v) is 6.72. The van der Waals surface area contributed by atoms with Gasteiger partial charge in [-0.15, -0.1) is 0 Å². The first-order chi connectivity index (χ1) is 4.63. The molecule has 0 aliphatic carbocycles. The lowest BCUT2D eigenvalue weighted by molar-refractivity contribution is -0.112. The standard InChI is InChI=1S/C7H14N2O/c1-4-5(2)6(9-3)7(8)10/h5H,4H2,1-3H3,(H2,8,10)/t5-/m0/s1. The van der Waals surface area contributed by atoms with Gasteiger partial charge in [0.25, 0.3) is 5.91 Å². The second kappa shape index (κ2) is 4.04. The van der Waals surface area contributed by atoms with E-state index < -0.39 is 5.91 Å². The Morgan fingerprint density at radius 3 is 2.30 bits per heavy atom. The third kappa shape index (κ3) is 2.17. The van der Waals surface area contributed by atoms with E-state index in [9.17, 15) is 4.79 Å². The molecule has 1 atom stereocenters. The van der Waals surface area contributed by atoms with Gasteiger partial charge in [-0.1, -0.05) is 13.8 Å². The van der Waals surface area contributed by atoms with Gasteiger partial charge in [-0.05, 0) is 6.42 Å². The molecule has 0 aliphatic heterocycles. The van der Waals surface area contributed by atoms with Crippen LogP contribution in [0, 0.1) is 5.92 Å². The second-order valence-electron chi connectivity index (χ2n) is 2.28. The predicted octanol–water partition coefficient (Wildman–Crippen LogP) is 0.589. The molecule has 0 fully saturated rings. The quantitative estimate of drug-likeness (QED) is 0.576. The van der Waals surface area contributed by atoms with E-state index in [1.165, 1.54) is 0 Å². The van der Waals surface area contributed by atoms with Crippen LogP contribution in [-0.2, 0) is 4.79 Å². The number of hydrogen-bond donors (Lipinski definition) is 1. The summed E-state index contributed by atoms with van der Waals surface area (Å²) in [6.45, 7) is 3.94. The maximum atomic E-state index is 10.6. The molecule has 10 heavy (non-hydrogen) atoms. The van der Waals surface area contributed by atoms with Crippen molar-refractivity contribution in [2.75, 3.05) is 7.05 Å². The average Bonchev–Trinajstić information content (AvgIpc) is 1.88. The van der Waals surface area contributed by atoms with Gasteiger partial charge in [0.2, 0.25) is 0 Å². The van der Waals surface area contributed by atoms with Crippen molar-refractivity contribution < 1.29 is 4.79 Å². The molecule has 0 heterocycles. The zero-order valence-electron chi connectivity index (χ0n) is 6.72. The summed E-state index contributed by atoms with van der Waals surface area (Å²) in [6, 6.07) is 0. The molecule has 0 aromatic heterocycles. The maximum Gasteiger partial charge on any atom is 0.262 e. The van der Waals surface area contributed by atoms with Crippen LogP contribution in [0.15, 0.2) is 4.99 Å². The van der Waals surface area contributed by atoms with Crippen LogP contribution in [0.2, 0.25) is 0 Å². The smallest absolute Gasteiger partial charge is 0.262 e. The van der Waals surface area contributed by atoms with Gasteiger partial charge >= 0.3 is 0 Å². The first kappa shape index (κ1) is 9.14. The van der Waals surface area contributed by atoms with E-state index in [1.54, 1.807) is 7.05 Å². The van der Waals surface area contributed by atoms with E-state index in [4.69, 9.17) is 5.73 Å². The molecule has 3 heteroatoms. The number of carbonyl (C=O) groups is 1. The largest absolute Gasteiger partial charge is 0.365 e. The van der Waals surface area contributed by atoms with E-state index in [2.05, 4.69) is 4.99 Å². The van der Waals surface area contributed by atoms with Crippen LogP contribution < -0.4 is 5.73 Å². The minimum atomic E-state index is -0.406. The van der Waals surface area contributed by atoms with Crippen LogP contribution in [0.1, 0.15) is 20.3 Å². The molecular formula is C7H14N2O. The van der Waals surface area contributed by atoms with Crippen LogP contribution in [-0.4, -0.2) is 18.7 Å². The molecule has 0 bridgehead atoms. The molecule has 1 amide bonds. The molecule has 0 aliphatic rings. The highest BCUT2D eigenvalue weighted by Gasteiger charge is 2.12. The number of hydrogen-bond acceptors (Lipinski definition) is 2. The first-order valence-corrected chi connectivity index (χ1v) is 3.40. The van der Waals surface area contributed by atoms with Crippen molar-refractivity contribution >= 4 is 11.6 Å². The van der Waals surface area contributed by atoms with Gasteiger partial charge in [-0.25, -0.2) is 0 Å². The Bertz CT molecular complexity index is 152. The molecule has 58 valence electrons. The average molecular weight is 142 g/mol. The molecule has 0 rings (SSSR count). The molecule has 0 aromatic carbocycles. The van der Waals surface area contributed by atoms with Crippen molar-refractivity contribution in [3.8, 4) is 0 Å². The number of aliphatic imine (C=N–C) groups is 1. The minimum absolute atomic E-state index is 0.183. The monoisotopic (exact) mass is 142 g/mol. The SMILES string of the molecule is CC[C@H](C)C(=NC)C(N)=O. The van der Waals surface area contributed by atoms with Gasteiger partial charge in [-0.3, -0.25) is 9.79 Å². The van der Waals surface area contributed by atoms with Crippen LogP contribution in [0.4, 0.5) is 0 Å². The molecule has 0 radical (unpaired) electrons. The Hall–Kier alpha value is -0.860. The fourth-order valence-electron chi connectivity index (χ4n) is 0.767. The van der Waals surface area contributed by atoms with Crippen molar-refractivity contribution in [3.63, 3.8) is 0 Å². The van der Waals surface area contributed by atoms with Crippen LogP contribution in [0.5, 0.6) is 0 Å². The zero-order chi connectivity index (χ0) is 8.15. The Kier molecular flexibility index (Phi) is 3.69. The molecule has 0 aromatic rings. The summed E-state index contributed by atoms with van der Waals surface area (Å²) >= 11 is 0. The molecule has 3 nitrogen and oxygen atoms in total. The Morgan fingerprint density at radius 2 is 2.20 bits per heavy atom. The van der Waals surface area contributed by atoms with Crippen LogP contribution >= 0.6 is 0 Å². The lowest BCUT2D eigenvalue weighted by Crippen LogP contribution is -2.28. The lowest BCUT2D eigenvalue weighted by atomic mass is 10.0. The van der Waals surface area contributed by atoms with E-state index in [0.29, 0.717) is 5.71 Å². The molecule has 0 saturated carbocycles. The lowest BCUT2D eigenvalue weighted by Gasteiger charge is -2.06. The summed E-state index contributed by atoms with van der Waals surface area (Å²) in [5.41, 5.74) is 5.54. The summed E-state index contributed by atoms with van der Waals surface area (Å²) in [4.78, 5) is 14.4. The van der Waals surface area contributed by atoms with E-state index >= 15 is 0 Å². The first-order valence-electron chi connectivity index (χ1n) is 3.40. The van der Waals surface area contributed by atoms with Crippen LogP contribution in [0.3, 0.4) is 0 Å². The Balaban J connectivity index is 4.23.